The molecule has 38 heavy (non-hydrogen) atoms. The van der Waals surface area contributed by atoms with Crippen LogP contribution in [0.25, 0.3) is 0 Å². The maximum atomic E-state index is 13.8. The Bertz CT molecular complexity index is 1220. The van der Waals surface area contributed by atoms with Crippen molar-refractivity contribution in [1.29, 1.82) is 0 Å². The van der Waals surface area contributed by atoms with Gasteiger partial charge in [0.1, 0.15) is 0 Å². The number of halogens is 3. The minimum atomic E-state index is -4.49. The second-order valence-electron chi connectivity index (χ2n) is 10.7. The summed E-state index contributed by atoms with van der Waals surface area (Å²) in [7, 11) is 0. The Hall–Kier alpha value is -3.12. The number of rotatable bonds is 5. The Labute approximate surface area is 223 Å². The highest BCUT2D eigenvalue weighted by Gasteiger charge is 2.37. The van der Waals surface area contributed by atoms with Gasteiger partial charge in [0.2, 0.25) is 0 Å². The Morgan fingerprint density at radius 2 is 1.53 bits per heavy atom. The van der Waals surface area contributed by atoms with Crippen molar-refractivity contribution >= 4 is 11.6 Å². The van der Waals surface area contributed by atoms with Crippen LogP contribution in [0.2, 0.25) is 0 Å². The smallest absolute Gasteiger partial charge is 0.305 e. The molecule has 1 heterocycles. The molecule has 1 amide bonds. The van der Waals surface area contributed by atoms with Gasteiger partial charge in [-0.1, -0.05) is 66.9 Å². The molecule has 2 aliphatic rings. The van der Waals surface area contributed by atoms with Gasteiger partial charge in [-0.3, -0.25) is 9.69 Å². The predicted octanol–water partition coefficient (Wildman–Crippen LogP) is 7.85. The largest absolute Gasteiger partial charge is 0.416 e. The molecular weight excluding hydrogens is 485 g/mol. The zero-order valence-electron chi connectivity index (χ0n) is 21.8. The van der Waals surface area contributed by atoms with E-state index in [1.165, 1.54) is 43.4 Å². The van der Waals surface area contributed by atoms with Gasteiger partial charge in [0, 0.05) is 36.4 Å². The van der Waals surface area contributed by atoms with E-state index in [-0.39, 0.29) is 17.5 Å². The van der Waals surface area contributed by atoms with E-state index >= 15 is 0 Å². The van der Waals surface area contributed by atoms with Crippen LogP contribution < -0.4 is 4.90 Å². The van der Waals surface area contributed by atoms with Crippen LogP contribution in [0.15, 0.2) is 78.9 Å². The maximum Gasteiger partial charge on any atom is 0.416 e. The number of aryl methyl sites for hydroxylation is 1. The summed E-state index contributed by atoms with van der Waals surface area (Å²) in [6, 6.07) is 23.7. The Balaban J connectivity index is 1.37. The van der Waals surface area contributed by atoms with Crippen LogP contribution in [0.5, 0.6) is 0 Å². The molecule has 200 valence electrons. The second kappa shape index (κ2) is 11.3. The number of nitrogens with zero attached hydrogens (tertiary/aromatic N) is 2. The molecule has 1 saturated heterocycles. The third-order valence-corrected chi connectivity index (χ3v) is 8.26. The molecule has 0 N–H and O–H groups in total. The van der Waals surface area contributed by atoms with Crippen molar-refractivity contribution in [2.75, 3.05) is 18.0 Å². The first-order valence-electron chi connectivity index (χ1n) is 13.7. The van der Waals surface area contributed by atoms with Crippen LogP contribution in [-0.2, 0) is 6.18 Å². The molecule has 0 unspecified atom stereocenters. The predicted molar refractivity (Wildman–Crippen MR) is 145 cm³/mol. The summed E-state index contributed by atoms with van der Waals surface area (Å²) < 4.78 is 40.2. The molecular formula is C32H35F3N2O. The van der Waals surface area contributed by atoms with Gasteiger partial charge >= 0.3 is 6.18 Å². The van der Waals surface area contributed by atoms with E-state index in [0.717, 1.165) is 49.3 Å². The number of hydrogen-bond donors (Lipinski definition) is 0. The lowest BCUT2D eigenvalue weighted by Crippen LogP contribution is -2.51. The van der Waals surface area contributed by atoms with Crippen molar-refractivity contribution < 1.29 is 18.0 Å². The summed E-state index contributed by atoms with van der Waals surface area (Å²) in [4.78, 5) is 18.1. The third kappa shape index (κ3) is 5.80. The molecule has 5 rings (SSSR count). The highest BCUT2D eigenvalue weighted by Crippen LogP contribution is 2.38. The van der Waals surface area contributed by atoms with Crippen molar-refractivity contribution in [2.45, 2.75) is 69.6 Å². The minimum Gasteiger partial charge on any atom is -0.305 e. The van der Waals surface area contributed by atoms with Gasteiger partial charge in [0.15, 0.2) is 0 Å². The van der Waals surface area contributed by atoms with Crippen molar-refractivity contribution in [2.24, 2.45) is 0 Å². The lowest BCUT2D eigenvalue weighted by Gasteiger charge is -2.45. The summed E-state index contributed by atoms with van der Waals surface area (Å²) in [6.07, 6.45) is 1.93. The van der Waals surface area contributed by atoms with Gasteiger partial charge in [-0.25, -0.2) is 0 Å². The molecule has 2 fully saturated rings. The summed E-state index contributed by atoms with van der Waals surface area (Å²) >= 11 is 0. The summed E-state index contributed by atoms with van der Waals surface area (Å²) in [5.74, 6) is 0.139. The highest BCUT2D eigenvalue weighted by molar-refractivity contribution is 6.06. The molecule has 6 heteroatoms. The van der Waals surface area contributed by atoms with Crippen LogP contribution >= 0.6 is 0 Å². The molecule has 1 aliphatic carbocycles. The van der Waals surface area contributed by atoms with E-state index in [2.05, 4.69) is 35.2 Å². The first kappa shape index (κ1) is 26.5. The Kier molecular flexibility index (Phi) is 7.89. The molecule has 3 aromatic rings. The van der Waals surface area contributed by atoms with Gasteiger partial charge in [0.25, 0.3) is 5.91 Å². The molecule has 0 spiro atoms. The summed E-state index contributed by atoms with van der Waals surface area (Å²) in [5.41, 5.74) is 2.47. The van der Waals surface area contributed by atoms with E-state index in [1.807, 2.05) is 31.2 Å². The van der Waals surface area contributed by atoms with Gasteiger partial charge in [-0.05, 0) is 74.4 Å². The monoisotopic (exact) mass is 520 g/mol. The Morgan fingerprint density at radius 1 is 0.842 bits per heavy atom. The standard InChI is InChI=1S/C32H35F3N2O/c1-23-14-16-27(17-15-23)37(31(38)25-10-7-11-26(22-25)32(33,34)35)28-18-20-36(21-19-28)30-13-6-5-12-29(30)24-8-3-2-4-9-24/h2-4,7-11,14-17,22,28-30H,5-6,12-13,18-21H2,1H3/t29-,30-/m1/s1. The number of anilines is 1. The van der Waals surface area contributed by atoms with Gasteiger partial charge < -0.3 is 4.90 Å². The molecule has 3 aromatic carbocycles. The number of hydrogen-bond acceptors (Lipinski definition) is 2. The van der Waals surface area contributed by atoms with E-state index in [0.29, 0.717) is 12.0 Å². The average molecular weight is 521 g/mol. The number of carbonyl (C=O) groups is 1. The fraction of sp³-hybridized carbons (Fsp3) is 0.406. The molecule has 3 nitrogen and oxygen atoms in total. The maximum absolute atomic E-state index is 13.8. The summed E-state index contributed by atoms with van der Waals surface area (Å²) in [6.45, 7) is 3.72. The number of piperidine rings is 1. The van der Waals surface area contributed by atoms with Crippen LogP contribution in [0, 0.1) is 6.92 Å². The van der Waals surface area contributed by atoms with E-state index in [1.54, 1.807) is 4.90 Å². The van der Waals surface area contributed by atoms with E-state index < -0.39 is 11.7 Å². The number of alkyl halides is 3. The zero-order chi connectivity index (χ0) is 26.7. The van der Waals surface area contributed by atoms with Crippen molar-refractivity contribution in [3.8, 4) is 0 Å². The average Bonchev–Trinajstić information content (AvgIpc) is 2.95. The topological polar surface area (TPSA) is 23.6 Å². The van der Waals surface area contributed by atoms with Crippen molar-refractivity contribution in [3.63, 3.8) is 0 Å². The van der Waals surface area contributed by atoms with Gasteiger partial charge in [-0.2, -0.15) is 13.2 Å². The Morgan fingerprint density at radius 3 is 2.21 bits per heavy atom. The number of carbonyl (C=O) groups excluding carboxylic acids is 1. The normalized spacial score (nSPS) is 21.3. The first-order valence-corrected chi connectivity index (χ1v) is 13.7. The lowest BCUT2D eigenvalue weighted by atomic mass is 9.78. The van der Waals surface area contributed by atoms with Crippen LogP contribution in [0.1, 0.15) is 71.5 Å². The number of benzene rings is 3. The fourth-order valence-electron chi connectivity index (χ4n) is 6.28. The fourth-order valence-corrected chi connectivity index (χ4v) is 6.28. The van der Waals surface area contributed by atoms with Crippen molar-refractivity contribution in [1.82, 2.24) is 4.90 Å². The van der Waals surface area contributed by atoms with Crippen molar-refractivity contribution in [3.05, 3.63) is 101 Å². The third-order valence-electron chi connectivity index (χ3n) is 8.26. The minimum absolute atomic E-state index is 0.0688. The quantitative estimate of drug-likeness (QED) is 0.342. The molecule has 2 atom stereocenters. The molecule has 0 bridgehead atoms. The molecule has 0 radical (unpaired) electrons. The highest BCUT2D eigenvalue weighted by atomic mass is 19.4. The first-order chi connectivity index (χ1) is 18.3. The lowest BCUT2D eigenvalue weighted by molar-refractivity contribution is -0.137. The summed E-state index contributed by atoms with van der Waals surface area (Å²) in [5, 5.41) is 0. The zero-order valence-corrected chi connectivity index (χ0v) is 21.8. The molecule has 0 aromatic heterocycles. The van der Waals surface area contributed by atoms with Gasteiger partial charge in [-0.15, -0.1) is 0 Å². The van der Waals surface area contributed by atoms with Crippen LogP contribution in [0.4, 0.5) is 18.9 Å². The molecule has 1 aliphatic heterocycles. The van der Waals surface area contributed by atoms with E-state index in [4.69, 9.17) is 0 Å². The number of amides is 1. The SMILES string of the molecule is Cc1ccc(N(C(=O)c2cccc(C(F)(F)F)c2)C2CCN([C@@H]3CCCC[C@@H]3c3ccccc3)CC2)cc1. The van der Waals surface area contributed by atoms with E-state index in [9.17, 15) is 18.0 Å². The van der Waals surface area contributed by atoms with Crippen LogP contribution in [0.3, 0.4) is 0 Å². The number of likely N-dealkylation sites (tertiary alicyclic amines) is 1. The van der Waals surface area contributed by atoms with Gasteiger partial charge in [0.05, 0.1) is 5.56 Å². The van der Waals surface area contributed by atoms with Crippen LogP contribution in [-0.4, -0.2) is 36.0 Å². The second-order valence-corrected chi connectivity index (χ2v) is 10.7. The molecule has 1 saturated carbocycles.